The third kappa shape index (κ3) is 3.02. The molecule has 0 saturated carbocycles. The Kier molecular flexibility index (Phi) is 3.90. The molecule has 1 aromatic rings. The molecule has 0 radical (unpaired) electrons. The average Bonchev–Trinajstić information content (AvgIpc) is 2.31. The van der Waals surface area contributed by atoms with Crippen molar-refractivity contribution in [1.82, 2.24) is 4.98 Å². The normalized spacial score (nSPS) is 18.7. The molecule has 1 aliphatic heterocycles. The Morgan fingerprint density at radius 3 is 2.94 bits per heavy atom. The standard InChI is InChI=1S/C13H21N3OS/c1-4-17-12-10(14)5-6-11(15-12)16-7-8-18-13(2,3)9-16/h5-6H,4,7-9,14H2,1-3H3. The van der Waals surface area contributed by atoms with Crippen molar-refractivity contribution in [2.45, 2.75) is 25.5 Å². The van der Waals surface area contributed by atoms with Crippen LogP contribution < -0.4 is 15.4 Å². The minimum absolute atomic E-state index is 0.271. The van der Waals surface area contributed by atoms with Crippen LogP contribution >= 0.6 is 11.8 Å². The summed E-state index contributed by atoms with van der Waals surface area (Å²) in [5.74, 6) is 2.63. The third-order valence-electron chi connectivity index (χ3n) is 2.91. The number of aromatic nitrogens is 1. The van der Waals surface area contributed by atoms with Crippen LogP contribution in [0.25, 0.3) is 0 Å². The van der Waals surface area contributed by atoms with E-state index < -0.39 is 0 Å². The van der Waals surface area contributed by atoms with Crippen LogP contribution in [-0.4, -0.2) is 35.2 Å². The predicted octanol–water partition coefficient (Wildman–Crippen LogP) is 2.39. The summed E-state index contributed by atoms with van der Waals surface area (Å²) in [6, 6.07) is 3.85. The summed E-state index contributed by atoms with van der Waals surface area (Å²) in [6.45, 7) is 9.09. The fourth-order valence-corrected chi connectivity index (χ4v) is 3.19. The number of pyridine rings is 1. The summed E-state index contributed by atoms with van der Waals surface area (Å²) < 4.78 is 5.72. The van der Waals surface area contributed by atoms with Gasteiger partial charge in [-0.2, -0.15) is 16.7 Å². The molecule has 5 heteroatoms. The highest BCUT2D eigenvalue weighted by Crippen LogP contribution is 2.32. The number of rotatable bonds is 3. The van der Waals surface area contributed by atoms with Gasteiger partial charge in [-0.05, 0) is 32.9 Å². The lowest BCUT2D eigenvalue weighted by atomic mass is 10.2. The molecule has 2 heterocycles. The summed E-state index contributed by atoms with van der Waals surface area (Å²) in [5.41, 5.74) is 6.45. The van der Waals surface area contributed by atoms with Gasteiger partial charge in [0.25, 0.3) is 0 Å². The Bertz CT molecular complexity index is 423. The Balaban J connectivity index is 2.20. The number of anilines is 2. The zero-order chi connectivity index (χ0) is 13.2. The smallest absolute Gasteiger partial charge is 0.239 e. The second-order valence-corrected chi connectivity index (χ2v) is 6.83. The van der Waals surface area contributed by atoms with Crippen molar-refractivity contribution in [3.8, 4) is 5.88 Å². The van der Waals surface area contributed by atoms with Crippen molar-refractivity contribution in [2.75, 3.05) is 36.1 Å². The summed E-state index contributed by atoms with van der Waals surface area (Å²) in [5, 5.41) is 0. The molecule has 0 spiro atoms. The molecule has 0 amide bonds. The van der Waals surface area contributed by atoms with Crippen LogP contribution in [0.3, 0.4) is 0 Å². The van der Waals surface area contributed by atoms with E-state index in [1.807, 2.05) is 30.8 Å². The molecule has 1 fully saturated rings. The summed E-state index contributed by atoms with van der Waals surface area (Å²) in [6.07, 6.45) is 0. The molecule has 18 heavy (non-hydrogen) atoms. The van der Waals surface area contributed by atoms with Crippen molar-refractivity contribution in [3.05, 3.63) is 12.1 Å². The average molecular weight is 267 g/mol. The van der Waals surface area contributed by atoms with Gasteiger partial charge in [-0.1, -0.05) is 0 Å². The zero-order valence-electron chi connectivity index (χ0n) is 11.3. The third-order valence-corrected chi connectivity index (χ3v) is 4.20. The van der Waals surface area contributed by atoms with Crippen LogP contribution in [0.2, 0.25) is 0 Å². The van der Waals surface area contributed by atoms with Gasteiger partial charge in [-0.3, -0.25) is 0 Å². The Hall–Kier alpha value is -1.10. The zero-order valence-corrected chi connectivity index (χ0v) is 12.1. The van der Waals surface area contributed by atoms with Gasteiger partial charge < -0.3 is 15.4 Å². The first kappa shape index (κ1) is 13.3. The van der Waals surface area contributed by atoms with Gasteiger partial charge >= 0.3 is 0 Å². The second kappa shape index (κ2) is 5.26. The molecular formula is C13H21N3OS. The number of ether oxygens (including phenoxy) is 1. The van der Waals surface area contributed by atoms with Crippen LogP contribution in [0.15, 0.2) is 12.1 Å². The van der Waals surface area contributed by atoms with E-state index in [0.717, 1.165) is 24.7 Å². The van der Waals surface area contributed by atoms with Crippen molar-refractivity contribution in [1.29, 1.82) is 0 Å². The molecular weight excluding hydrogens is 246 g/mol. The quantitative estimate of drug-likeness (QED) is 0.911. The lowest BCUT2D eigenvalue weighted by Gasteiger charge is -2.38. The fourth-order valence-electron chi connectivity index (χ4n) is 2.08. The van der Waals surface area contributed by atoms with Gasteiger partial charge in [0.2, 0.25) is 5.88 Å². The highest BCUT2D eigenvalue weighted by atomic mass is 32.2. The molecule has 0 unspecified atom stereocenters. The molecule has 0 aromatic carbocycles. The van der Waals surface area contributed by atoms with Crippen LogP contribution in [-0.2, 0) is 0 Å². The van der Waals surface area contributed by atoms with E-state index >= 15 is 0 Å². The summed E-state index contributed by atoms with van der Waals surface area (Å²) in [7, 11) is 0. The van der Waals surface area contributed by atoms with E-state index in [-0.39, 0.29) is 4.75 Å². The highest BCUT2D eigenvalue weighted by Gasteiger charge is 2.27. The lowest BCUT2D eigenvalue weighted by Crippen LogP contribution is -2.43. The first-order chi connectivity index (χ1) is 8.52. The van der Waals surface area contributed by atoms with Crippen molar-refractivity contribution < 1.29 is 4.74 Å². The van der Waals surface area contributed by atoms with Crippen LogP contribution in [0, 0.1) is 0 Å². The number of thioether (sulfide) groups is 1. The molecule has 100 valence electrons. The van der Waals surface area contributed by atoms with Gasteiger partial charge in [-0.25, -0.2) is 0 Å². The Morgan fingerprint density at radius 1 is 1.50 bits per heavy atom. The Morgan fingerprint density at radius 2 is 2.28 bits per heavy atom. The fraction of sp³-hybridized carbons (Fsp3) is 0.615. The molecule has 1 aromatic heterocycles. The highest BCUT2D eigenvalue weighted by molar-refractivity contribution is 8.00. The minimum atomic E-state index is 0.271. The lowest BCUT2D eigenvalue weighted by molar-refractivity contribution is 0.329. The van der Waals surface area contributed by atoms with Crippen LogP contribution in [0.1, 0.15) is 20.8 Å². The van der Waals surface area contributed by atoms with E-state index in [2.05, 4.69) is 23.7 Å². The maximum atomic E-state index is 5.85. The molecule has 0 aliphatic carbocycles. The van der Waals surface area contributed by atoms with E-state index in [1.165, 1.54) is 0 Å². The largest absolute Gasteiger partial charge is 0.476 e. The number of nitrogens with zero attached hydrogens (tertiary/aromatic N) is 2. The monoisotopic (exact) mass is 267 g/mol. The van der Waals surface area contributed by atoms with E-state index in [0.29, 0.717) is 18.2 Å². The first-order valence-electron chi connectivity index (χ1n) is 6.30. The van der Waals surface area contributed by atoms with Crippen LogP contribution in [0.4, 0.5) is 11.5 Å². The van der Waals surface area contributed by atoms with Crippen molar-refractivity contribution in [3.63, 3.8) is 0 Å². The topological polar surface area (TPSA) is 51.4 Å². The molecule has 1 aliphatic rings. The molecule has 2 N–H and O–H groups in total. The summed E-state index contributed by atoms with van der Waals surface area (Å²) >= 11 is 2.01. The van der Waals surface area contributed by atoms with Crippen LogP contribution in [0.5, 0.6) is 5.88 Å². The van der Waals surface area contributed by atoms with Gasteiger partial charge in [0.05, 0.1) is 12.3 Å². The first-order valence-corrected chi connectivity index (χ1v) is 7.28. The molecule has 4 nitrogen and oxygen atoms in total. The maximum Gasteiger partial charge on any atom is 0.239 e. The SMILES string of the molecule is CCOc1nc(N2CCSC(C)(C)C2)ccc1N. The van der Waals surface area contributed by atoms with E-state index in [9.17, 15) is 0 Å². The number of nitrogens with two attached hydrogens (primary N) is 1. The molecule has 0 atom stereocenters. The van der Waals surface area contributed by atoms with Gasteiger partial charge in [-0.15, -0.1) is 0 Å². The van der Waals surface area contributed by atoms with Gasteiger partial charge in [0.1, 0.15) is 5.82 Å². The maximum absolute atomic E-state index is 5.85. The minimum Gasteiger partial charge on any atom is -0.476 e. The summed E-state index contributed by atoms with van der Waals surface area (Å²) in [4.78, 5) is 6.82. The van der Waals surface area contributed by atoms with Crippen molar-refractivity contribution >= 4 is 23.3 Å². The molecule has 2 rings (SSSR count). The molecule has 1 saturated heterocycles. The van der Waals surface area contributed by atoms with E-state index in [4.69, 9.17) is 10.5 Å². The number of hydrogen-bond donors (Lipinski definition) is 1. The Labute approximate surface area is 113 Å². The molecule has 0 bridgehead atoms. The second-order valence-electron chi connectivity index (χ2n) is 5.03. The van der Waals surface area contributed by atoms with E-state index in [1.54, 1.807) is 0 Å². The number of hydrogen-bond acceptors (Lipinski definition) is 5. The van der Waals surface area contributed by atoms with Crippen molar-refractivity contribution in [2.24, 2.45) is 0 Å². The van der Waals surface area contributed by atoms with Gasteiger partial charge in [0.15, 0.2) is 0 Å². The van der Waals surface area contributed by atoms with Gasteiger partial charge in [0, 0.05) is 23.6 Å². The number of nitrogen functional groups attached to an aromatic ring is 1. The predicted molar refractivity (Wildman–Crippen MR) is 78.6 cm³/mol.